The van der Waals surface area contributed by atoms with Crippen molar-refractivity contribution in [2.45, 2.75) is 19.6 Å². The van der Waals surface area contributed by atoms with Crippen molar-refractivity contribution in [2.75, 3.05) is 0 Å². The number of carbonyl (C=O) groups excluding carboxylic acids is 1. The van der Waals surface area contributed by atoms with E-state index in [0.29, 0.717) is 17.7 Å². The Kier molecular flexibility index (Phi) is 2.95. The lowest BCUT2D eigenvalue weighted by Crippen LogP contribution is -2.44. The zero-order chi connectivity index (χ0) is 13.2. The van der Waals surface area contributed by atoms with Gasteiger partial charge in [0.2, 0.25) is 0 Å². The summed E-state index contributed by atoms with van der Waals surface area (Å²) in [6.07, 6.45) is 0.365. The first-order valence-electron chi connectivity index (χ1n) is 6.34. The van der Waals surface area contributed by atoms with Crippen molar-refractivity contribution < 1.29 is 9.53 Å². The van der Waals surface area contributed by atoms with Crippen molar-refractivity contribution in [1.82, 2.24) is 5.32 Å². The second-order valence-electron chi connectivity index (χ2n) is 4.77. The minimum atomic E-state index is -0.302. The fourth-order valence-electron chi connectivity index (χ4n) is 2.24. The van der Waals surface area contributed by atoms with E-state index in [2.05, 4.69) is 5.32 Å². The van der Waals surface area contributed by atoms with Gasteiger partial charge in [-0.1, -0.05) is 36.4 Å². The summed E-state index contributed by atoms with van der Waals surface area (Å²) in [5, 5.41) is 2.88. The van der Waals surface area contributed by atoms with E-state index in [4.69, 9.17) is 4.74 Å². The Labute approximate surface area is 112 Å². The number of carbonyl (C=O) groups is 1. The van der Waals surface area contributed by atoms with Crippen LogP contribution in [0, 0.1) is 6.92 Å². The van der Waals surface area contributed by atoms with Crippen molar-refractivity contribution in [3.8, 4) is 5.75 Å². The maximum Gasteiger partial charge on any atom is 0.257 e. The largest absolute Gasteiger partial charge is 0.469 e. The molecule has 1 aliphatic rings. The summed E-state index contributed by atoms with van der Waals surface area (Å²) in [6, 6.07) is 15.6. The predicted octanol–water partition coefficient (Wildman–Crippen LogP) is 2.69. The molecule has 3 rings (SSSR count). The monoisotopic (exact) mass is 253 g/mol. The van der Waals surface area contributed by atoms with E-state index < -0.39 is 0 Å². The average molecular weight is 253 g/mol. The lowest BCUT2D eigenvalue weighted by molar-refractivity contribution is 0.0758. The van der Waals surface area contributed by atoms with E-state index in [1.165, 1.54) is 0 Å². The number of fused-ring (bicyclic) bond motifs is 1. The Hall–Kier alpha value is -2.29. The van der Waals surface area contributed by atoms with Crippen LogP contribution in [0.1, 0.15) is 21.5 Å². The van der Waals surface area contributed by atoms with Crippen LogP contribution in [-0.2, 0) is 6.42 Å². The summed E-state index contributed by atoms with van der Waals surface area (Å²) in [6.45, 7) is 1.99. The molecule has 0 saturated carbocycles. The lowest BCUT2D eigenvalue weighted by atomic mass is 10.1. The third-order valence-corrected chi connectivity index (χ3v) is 3.21. The molecule has 19 heavy (non-hydrogen) atoms. The molecule has 0 spiro atoms. The fourth-order valence-corrected chi connectivity index (χ4v) is 2.24. The van der Waals surface area contributed by atoms with Crippen LogP contribution in [0.25, 0.3) is 0 Å². The normalized spacial score (nSPS) is 17.3. The molecule has 0 unspecified atom stereocenters. The van der Waals surface area contributed by atoms with Crippen LogP contribution in [0.3, 0.4) is 0 Å². The van der Waals surface area contributed by atoms with Crippen LogP contribution >= 0.6 is 0 Å². The molecular weight excluding hydrogens is 238 g/mol. The standard InChI is InChI=1S/C16H15NO2/c1-11-7-8-13-14(9-11)19-15(17-16(13)18)10-12-5-3-2-4-6-12/h2-9,15H,10H2,1H3,(H,17,18)/t15-/m1/s1. The Bertz CT molecular complexity index is 607. The fraction of sp³-hybridized carbons (Fsp3) is 0.188. The van der Waals surface area contributed by atoms with Crippen molar-refractivity contribution in [3.63, 3.8) is 0 Å². The second kappa shape index (κ2) is 4.76. The van der Waals surface area contributed by atoms with Crippen molar-refractivity contribution in [1.29, 1.82) is 0 Å². The Morgan fingerprint density at radius 2 is 1.95 bits per heavy atom. The second-order valence-corrected chi connectivity index (χ2v) is 4.77. The molecule has 0 aliphatic carbocycles. The molecule has 96 valence electrons. The number of rotatable bonds is 2. The topological polar surface area (TPSA) is 38.3 Å². The molecule has 0 fully saturated rings. The highest BCUT2D eigenvalue weighted by atomic mass is 16.5. The van der Waals surface area contributed by atoms with E-state index in [0.717, 1.165) is 11.1 Å². The molecule has 3 heteroatoms. The number of hydrogen-bond donors (Lipinski definition) is 1. The van der Waals surface area contributed by atoms with Gasteiger partial charge in [0.25, 0.3) is 5.91 Å². The molecule has 1 heterocycles. The van der Waals surface area contributed by atoms with Crippen LogP contribution in [0.2, 0.25) is 0 Å². The predicted molar refractivity (Wildman–Crippen MR) is 73.2 cm³/mol. The maximum absolute atomic E-state index is 12.0. The Morgan fingerprint density at radius 3 is 2.74 bits per heavy atom. The van der Waals surface area contributed by atoms with Crippen LogP contribution in [-0.4, -0.2) is 12.1 Å². The van der Waals surface area contributed by atoms with E-state index in [1.807, 2.05) is 49.4 Å². The summed E-state index contributed by atoms with van der Waals surface area (Å²) in [5.41, 5.74) is 2.84. The first-order chi connectivity index (χ1) is 9.22. The van der Waals surface area contributed by atoms with Gasteiger partial charge in [-0.05, 0) is 30.2 Å². The Morgan fingerprint density at radius 1 is 1.16 bits per heavy atom. The van der Waals surface area contributed by atoms with Gasteiger partial charge >= 0.3 is 0 Å². The number of nitrogens with one attached hydrogen (secondary N) is 1. The maximum atomic E-state index is 12.0. The van der Waals surface area contributed by atoms with Gasteiger partial charge in [-0.3, -0.25) is 4.79 Å². The lowest BCUT2D eigenvalue weighted by Gasteiger charge is -2.27. The number of amides is 1. The molecule has 1 aliphatic heterocycles. The zero-order valence-electron chi connectivity index (χ0n) is 10.7. The Balaban J connectivity index is 1.83. The van der Waals surface area contributed by atoms with Gasteiger partial charge in [0, 0.05) is 6.42 Å². The van der Waals surface area contributed by atoms with Gasteiger partial charge in [-0.25, -0.2) is 0 Å². The molecule has 0 radical (unpaired) electrons. The molecule has 1 atom stereocenters. The van der Waals surface area contributed by atoms with Gasteiger partial charge in [0.05, 0.1) is 5.56 Å². The van der Waals surface area contributed by atoms with E-state index >= 15 is 0 Å². The number of aryl methyl sites for hydroxylation is 1. The molecule has 1 N–H and O–H groups in total. The molecule has 2 aromatic carbocycles. The highest BCUT2D eigenvalue weighted by Crippen LogP contribution is 2.25. The summed E-state index contributed by atoms with van der Waals surface area (Å²) in [7, 11) is 0. The van der Waals surface area contributed by atoms with E-state index in [9.17, 15) is 4.79 Å². The van der Waals surface area contributed by atoms with Crippen LogP contribution < -0.4 is 10.1 Å². The van der Waals surface area contributed by atoms with Gasteiger partial charge in [0.1, 0.15) is 5.75 Å². The first kappa shape index (κ1) is 11.8. The summed E-state index contributed by atoms with van der Waals surface area (Å²) in [4.78, 5) is 12.0. The smallest absolute Gasteiger partial charge is 0.257 e. The SMILES string of the molecule is Cc1ccc2c(c1)O[C@H](Cc1ccccc1)NC2=O. The summed E-state index contributed by atoms with van der Waals surface area (Å²) >= 11 is 0. The molecule has 0 aromatic heterocycles. The van der Waals surface area contributed by atoms with Crippen molar-refractivity contribution in [3.05, 3.63) is 65.2 Å². The summed E-state index contributed by atoms with van der Waals surface area (Å²) in [5.74, 6) is 0.604. The van der Waals surface area contributed by atoms with Crippen LogP contribution in [0.15, 0.2) is 48.5 Å². The van der Waals surface area contributed by atoms with Crippen molar-refractivity contribution >= 4 is 5.91 Å². The minimum absolute atomic E-state index is 0.0674. The first-order valence-corrected chi connectivity index (χ1v) is 6.34. The molecule has 1 amide bonds. The molecular formula is C16H15NO2. The summed E-state index contributed by atoms with van der Waals surface area (Å²) < 4.78 is 5.86. The average Bonchev–Trinajstić information content (AvgIpc) is 2.39. The molecule has 2 aromatic rings. The van der Waals surface area contributed by atoms with E-state index in [-0.39, 0.29) is 12.1 Å². The highest BCUT2D eigenvalue weighted by molar-refractivity contribution is 5.98. The third-order valence-electron chi connectivity index (χ3n) is 3.21. The molecule has 3 nitrogen and oxygen atoms in total. The number of hydrogen-bond acceptors (Lipinski definition) is 2. The van der Waals surface area contributed by atoms with Gasteiger partial charge < -0.3 is 10.1 Å². The third kappa shape index (κ3) is 2.45. The van der Waals surface area contributed by atoms with Gasteiger partial charge in [0.15, 0.2) is 6.23 Å². The molecule has 0 saturated heterocycles. The van der Waals surface area contributed by atoms with Gasteiger partial charge in [-0.2, -0.15) is 0 Å². The van der Waals surface area contributed by atoms with Crippen LogP contribution in [0.5, 0.6) is 5.75 Å². The van der Waals surface area contributed by atoms with Gasteiger partial charge in [-0.15, -0.1) is 0 Å². The van der Waals surface area contributed by atoms with E-state index in [1.54, 1.807) is 6.07 Å². The van der Waals surface area contributed by atoms with Crippen molar-refractivity contribution in [2.24, 2.45) is 0 Å². The zero-order valence-corrected chi connectivity index (χ0v) is 10.7. The minimum Gasteiger partial charge on any atom is -0.469 e. The quantitative estimate of drug-likeness (QED) is 0.893. The number of benzene rings is 2. The number of ether oxygens (including phenoxy) is 1. The highest BCUT2D eigenvalue weighted by Gasteiger charge is 2.25. The van der Waals surface area contributed by atoms with Crippen LogP contribution in [0.4, 0.5) is 0 Å². The molecule has 0 bridgehead atoms.